The molecule has 1 N–H and O–H groups in total. The Kier molecular flexibility index (Phi) is 7.98. The number of rotatable bonds is 8. The van der Waals surface area contributed by atoms with E-state index in [0.29, 0.717) is 39.3 Å². The van der Waals surface area contributed by atoms with E-state index in [1.54, 1.807) is 0 Å². The Bertz CT molecular complexity index is 689. The van der Waals surface area contributed by atoms with Gasteiger partial charge in [-0.15, -0.1) is 0 Å². The minimum Gasteiger partial charge on any atom is -0.430 e. The van der Waals surface area contributed by atoms with Crippen molar-refractivity contribution in [1.29, 1.82) is 0 Å². The van der Waals surface area contributed by atoms with Gasteiger partial charge >= 0.3 is 12.3 Å². The number of carbonyl (C=O) groups excluding carboxylic acids is 1. The molecule has 1 amide bonds. The predicted octanol–water partition coefficient (Wildman–Crippen LogP) is 3.20. The van der Waals surface area contributed by atoms with Gasteiger partial charge in [0.05, 0.1) is 6.54 Å². The molecule has 0 aliphatic carbocycles. The number of hydrogen-bond acceptors (Lipinski definition) is 4. The molecule has 0 saturated carbocycles. The van der Waals surface area contributed by atoms with Crippen LogP contribution in [0.15, 0.2) is 24.3 Å². The number of alkyl halides is 6. The highest BCUT2D eigenvalue weighted by atomic mass is 19.4. The zero-order valence-electron chi connectivity index (χ0n) is 16.7. The first kappa shape index (κ1) is 24.3. The summed E-state index contributed by atoms with van der Waals surface area (Å²) >= 11 is 0. The minimum atomic E-state index is -5.72. The van der Waals surface area contributed by atoms with Gasteiger partial charge in [0.25, 0.3) is 6.17 Å². The predicted molar refractivity (Wildman–Crippen MR) is 98.0 cm³/mol. The van der Waals surface area contributed by atoms with Gasteiger partial charge < -0.3 is 10.1 Å². The van der Waals surface area contributed by atoms with Crippen LogP contribution in [0.5, 0.6) is 5.75 Å². The standard InChI is InChI=1S/C19H25F6N3O2/c1-13(2)26-16(29)12-28-9-7-27(8-10-28)11-14-3-5-15(6-4-14)30-19(24,25)17(20)18(21,22)23/h3-6,13,17H,7-12H2,1-2H3,(H,26,29)/t17-/m0/s1. The molecule has 1 aliphatic heterocycles. The Morgan fingerprint density at radius 2 is 1.57 bits per heavy atom. The topological polar surface area (TPSA) is 44.8 Å². The average molecular weight is 441 g/mol. The second-order valence-electron chi connectivity index (χ2n) is 7.49. The van der Waals surface area contributed by atoms with Crippen molar-refractivity contribution in [2.75, 3.05) is 32.7 Å². The van der Waals surface area contributed by atoms with Gasteiger partial charge in [0.2, 0.25) is 5.91 Å². The molecule has 0 radical (unpaired) electrons. The summed E-state index contributed by atoms with van der Waals surface area (Å²) in [5.41, 5.74) is 0.740. The van der Waals surface area contributed by atoms with Crippen molar-refractivity contribution >= 4 is 5.91 Å². The van der Waals surface area contributed by atoms with E-state index in [0.717, 1.165) is 17.7 Å². The van der Waals surface area contributed by atoms with E-state index >= 15 is 0 Å². The lowest BCUT2D eigenvalue weighted by atomic mass is 10.2. The number of nitrogens with zero attached hydrogens (tertiary/aromatic N) is 2. The smallest absolute Gasteiger partial charge is 0.430 e. The normalized spacial score (nSPS) is 17.8. The zero-order valence-corrected chi connectivity index (χ0v) is 16.7. The number of nitrogens with one attached hydrogen (secondary N) is 1. The van der Waals surface area contributed by atoms with Gasteiger partial charge in [0.15, 0.2) is 0 Å². The molecule has 1 aromatic carbocycles. The maximum absolute atomic E-state index is 13.3. The Labute approximate surface area is 171 Å². The van der Waals surface area contributed by atoms with E-state index in [1.165, 1.54) is 12.1 Å². The monoisotopic (exact) mass is 441 g/mol. The number of hydrogen-bond donors (Lipinski definition) is 1. The summed E-state index contributed by atoms with van der Waals surface area (Å²) in [5, 5.41) is 2.83. The second kappa shape index (κ2) is 9.86. The first-order valence-corrected chi connectivity index (χ1v) is 9.47. The lowest BCUT2D eigenvalue weighted by Gasteiger charge is -2.34. The van der Waals surface area contributed by atoms with Gasteiger partial charge in [-0.1, -0.05) is 12.1 Å². The minimum absolute atomic E-state index is 0.0353. The van der Waals surface area contributed by atoms with E-state index < -0.39 is 24.2 Å². The molecule has 170 valence electrons. The van der Waals surface area contributed by atoms with Crippen molar-refractivity contribution in [1.82, 2.24) is 15.1 Å². The average Bonchev–Trinajstić information content (AvgIpc) is 2.62. The number of halogens is 6. The van der Waals surface area contributed by atoms with Crippen molar-refractivity contribution in [3.8, 4) is 5.75 Å². The Morgan fingerprint density at radius 1 is 1.03 bits per heavy atom. The van der Waals surface area contributed by atoms with Crippen LogP contribution in [-0.4, -0.2) is 72.9 Å². The molecular formula is C19H25F6N3O2. The van der Waals surface area contributed by atoms with E-state index in [9.17, 15) is 31.1 Å². The third-order valence-corrected chi connectivity index (χ3v) is 4.45. The molecule has 0 unspecified atom stereocenters. The summed E-state index contributed by atoms with van der Waals surface area (Å²) in [7, 11) is 0. The van der Waals surface area contributed by atoms with Crippen LogP contribution in [0.3, 0.4) is 0 Å². The number of amides is 1. The number of benzene rings is 1. The van der Waals surface area contributed by atoms with E-state index in [-0.39, 0.29) is 11.9 Å². The van der Waals surface area contributed by atoms with Crippen LogP contribution in [0.2, 0.25) is 0 Å². The van der Waals surface area contributed by atoms with Crippen LogP contribution < -0.4 is 10.1 Å². The lowest BCUT2D eigenvalue weighted by Crippen LogP contribution is -2.49. The van der Waals surface area contributed by atoms with Crippen molar-refractivity contribution in [3.63, 3.8) is 0 Å². The van der Waals surface area contributed by atoms with E-state index in [4.69, 9.17) is 0 Å². The Balaban J connectivity index is 1.82. The molecular weight excluding hydrogens is 416 g/mol. The van der Waals surface area contributed by atoms with Crippen LogP contribution in [-0.2, 0) is 11.3 Å². The molecule has 11 heteroatoms. The molecule has 1 atom stereocenters. The first-order valence-electron chi connectivity index (χ1n) is 9.47. The van der Waals surface area contributed by atoms with Crippen LogP contribution in [0.1, 0.15) is 19.4 Å². The summed E-state index contributed by atoms with van der Waals surface area (Å²) in [5.74, 6) is -0.594. The van der Waals surface area contributed by atoms with Gasteiger partial charge in [-0.05, 0) is 31.5 Å². The third kappa shape index (κ3) is 7.35. The van der Waals surface area contributed by atoms with E-state index in [1.807, 2.05) is 18.7 Å². The third-order valence-electron chi connectivity index (χ3n) is 4.45. The largest absolute Gasteiger partial charge is 0.439 e. The van der Waals surface area contributed by atoms with Crippen LogP contribution >= 0.6 is 0 Å². The van der Waals surface area contributed by atoms with E-state index in [2.05, 4.69) is 15.0 Å². The SMILES string of the molecule is CC(C)NC(=O)CN1CCN(Cc2ccc(OC(F)(F)[C@@H](F)C(F)(F)F)cc2)CC1. The zero-order chi connectivity index (χ0) is 22.5. The maximum Gasteiger partial charge on any atom is 0.439 e. The lowest BCUT2D eigenvalue weighted by molar-refractivity contribution is -0.304. The maximum atomic E-state index is 13.3. The van der Waals surface area contributed by atoms with Crippen molar-refractivity contribution < 1.29 is 35.9 Å². The fourth-order valence-corrected chi connectivity index (χ4v) is 3.00. The summed E-state index contributed by atoms with van der Waals surface area (Å²) < 4.78 is 79.9. The van der Waals surface area contributed by atoms with Gasteiger partial charge in [-0.25, -0.2) is 4.39 Å². The molecule has 1 aliphatic rings. The molecule has 1 fully saturated rings. The van der Waals surface area contributed by atoms with Crippen molar-refractivity contribution in [2.45, 2.75) is 44.9 Å². The quantitative estimate of drug-likeness (QED) is 0.630. The number of piperazine rings is 1. The highest BCUT2D eigenvalue weighted by molar-refractivity contribution is 5.78. The molecule has 1 heterocycles. The molecule has 0 aromatic heterocycles. The fourth-order valence-electron chi connectivity index (χ4n) is 3.00. The van der Waals surface area contributed by atoms with Crippen molar-refractivity contribution in [3.05, 3.63) is 29.8 Å². The Morgan fingerprint density at radius 3 is 2.07 bits per heavy atom. The second-order valence-corrected chi connectivity index (χ2v) is 7.49. The van der Waals surface area contributed by atoms with Gasteiger partial charge in [-0.3, -0.25) is 14.6 Å². The van der Waals surface area contributed by atoms with Crippen LogP contribution in [0.25, 0.3) is 0 Å². The number of carbonyl (C=O) groups is 1. The highest BCUT2D eigenvalue weighted by Gasteiger charge is 2.59. The molecule has 5 nitrogen and oxygen atoms in total. The molecule has 1 aromatic rings. The van der Waals surface area contributed by atoms with Gasteiger partial charge in [-0.2, -0.15) is 22.0 Å². The summed E-state index contributed by atoms with van der Waals surface area (Å²) in [6.45, 7) is 7.36. The summed E-state index contributed by atoms with van der Waals surface area (Å²) in [6, 6.07) is 5.12. The Hall–Kier alpha value is -2.01. The molecule has 1 saturated heterocycles. The van der Waals surface area contributed by atoms with Gasteiger partial charge in [0.1, 0.15) is 5.75 Å². The highest BCUT2D eigenvalue weighted by Crippen LogP contribution is 2.36. The summed E-state index contributed by atoms with van der Waals surface area (Å²) in [4.78, 5) is 15.9. The molecule has 0 bridgehead atoms. The first-order chi connectivity index (χ1) is 13.9. The molecule has 2 rings (SSSR count). The van der Waals surface area contributed by atoms with Crippen molar-refractivity contribution in [2.24, 2.45) is 0 Å². The summed E-state index contributed by atoms with van der Waals surface area (Å²) in [6.07, 6.45) is -15.2. The van der Waals surface area contributed by atoms with Gasteiger partial charge in [0, 0.05) is 38.8 Å². The molecule has 0 spiro atoms. The number of ether oxygens (including phenoxy) is 1. The van der Waals surface area contributed by atoms with Crippen LogP contribution in [0.4, 0.5) is 26.3 Å². The molecule has 30 heavy (non-hydrogen) atoms. The fraction of sp³-hybridized carbons (Fsp3) is 0.632. The van der Waals surface area contributed by atoms with Crippen LogP contribution in [0, 0.1) is 0 Å².